The summed E-state index contributed by atoms with van der Waals surface area (Å²) in [7, 11) is 0. The Hall–Kier alpha value is -4.20. The van der Waals surface area contributed by atoms with Gasteiger partial charge in [-0.1, -0.05) is 56.3 Å². The van der Waals surface area contributed by atoms with Gasteiger partial charge in [-0.15, -0.1) is 0 Å². The number of aryl methyl sites for hydroxylation is 1. The third kappa shape index (κ3) is 6.76. The number of amides is 2. The van der Waals surface area contributed by atoms with Crippen molar-refractivity contribution in [3.8, 4) is 22.7 Å². The van der Waals surface area contributed by atoms with Crippen LogP contribution in [0.2, 0.25) is 0 Å². The maximum atomic E-state index is 12.9. The molecule has 38 heavy (non-hydrogen) atoms. The first-order valence-corrected chi connectivity index (χ1v) is 13.1. The molecular formula is C30H35N5O3. The van der Waals surface area contributed by atoms with Gasteiger partial charge in [0.25, 0.3) is 11.8 Å². The molecule has 198 valence electrons. The molecule has 8 heteroatoms. The van der Waals surface area contributed by atoms with Gasteiger partial charge in [0, 0.05) is 22.7 Å². The van der Waals surface area contributed by atoms with Crippen LogP contribution in [0.5, 0.6) is 0 Å². The molecule has 0 aliphatic heterocycles. The Bertz CT molecular complexity index is 1370. The predicted molar refractivity (Wildman–Crippen MR) is 148 cm³/mol. The fraction of sp³-hybridized carbons (Fsp3) is 0.333. The summed E-state index contributed by atoms with van der Waals surface area (Å²) in [5, 5.41) is 13.2. The number of nitrogens with one attached hydrogen (secondary N) is 3. The maximum absolute atomic E-state index is 12.9. The molecule has 0 atom stereocenters. The summed E-state index contributed by atoms with van der Waals surface area (Å²) in [6.07, 6.45) is 4.82. The van der Waals surface area contributed by atoms with E-state index in [1.807, 2.05) is 70.2 Å². The monoisotopic (exact) mass is 513 g/mol. The number of nitrogens with zero attached hydrogens (tertiary/aromatic N) is 2. The molecule has 0 aliphatic rings. The molecule has 0 radical (unpaired) electrons. The lowest BCUT2D eigenvalue weighted by Crippen LogP contribution is -2.43. The Balaban J connectivity index is 1.42. The molecule has 0 bridgehead atoms. The second-order valence-electron chi connectivity index (χ2n) is 10.1. The molecule has 0 unspecified atom stereocenters. The number of oxazole rings is 1. The van der Waals surface area contributed by atoms with Crippen LogP contribution in [-0.2, 0) is 6.42 Å². The minimum Gasteiger partial charge on any atom is -0.431 e. The summed E-state index contributed by atoms with van der Waals surface area (Å²) in [6, 6.07) is 19.5. The average Bonchev–Trinajstić information content (AvgIpc) is 3.62. The van der Waals surface area contributed by atoms with Gasteiger partial charge in [-0.25, -0.2) is 4.98 Å². The van der Waals surface area contributed by atoms with E-state index in [0.29, 0.717) is 22.8 Å². The first kappa shape index (κ1) is 26.9. The zero-order valence-electron chi connectivity index (χ0n) is 22.4. The van der Waals surface area contributed by atoms with Gasteiger partial charge in [0.1, 0.15) is 5.69 Å². The van der Waals surface area contributed by atoms with Gasteiger partial charge in [-0.2, -0.15) is 5.10 Å². The summed E-state index contributed by atoms with van der Waals surface area (Å²) in [4.78, 5) is 29.8. The van der Waals surface area contributed by atoms with Gasteiger partial charge in [0.05, 0.1) is 11.9 Å². The average molecular weight is 514 g/mol. The van der Waals surface area contributed by atoms with E-state index in [0.717, 1.165) is 31.2 Å². The molecule has 0 fully saturated rings. The van der Waals surface area contributed by atoms with Crippen molar-refractivity contribution in [2.24, 2.45) is 0 Å². The molecule has 8 nitrogen and oxygen atoms in total. The molecule has 2 aromatic carbocycles. The number of carbonyl (C=O) groups excluding carboxylic acids is 2. The summed E-state index contributed by atoms with van der Waals surface area (Å²) in [5.74, 6) is 0.00156. The number of aromatic amines is 1. The van der Waals surface area contributed by atoms with E-state index in [-0.39, 0.29) is 23.6 Å². The summed E-state index contributed by atoms with van der Waals surface area (Å²) in [6.45, 7) is 8.08. The SMILES string of the molecule is CCC(CC)NC(=O)c1cc(-c2cccc(-c3ncc(C(=O)NC(C)(C)CCc4ccccc4)o3)c2)n[nH]1. The van der Waals surface area contributed by atoms with Crippen molar-refractivity contribution in [2.75, 3.05) is 0 Å². The summed E-state index contributed by atoms with van der Waals surface area (Å²) >= 11 is 0. The Morgan fingerprint density at radius 1 is 0.974 bits per heavy atom. The quantitative estimate of drug-likeness (QED) is 0.235. The molecule has 0 saturated heterocycles. The topological polar surface area (TPSA) is 113 Å². The lowest BCUT2D eigenvalue weighted by atomic mass is 9.95. The van der Waals surface area contributed by atoms with Gasteiger partial charge in [0.2, 0.25) is 11.7 Å². The van der Waals surface area contributed by atoms with Crippen LogP contribution >= 0.6 is 0 Å². The standard InChI is InChI=1S/C30H35N5O3/c1-5-23(6-2)32-27(36)25-18-24(34-35-25)21-13-10-14-22(17-21)29-31-19-26(38-29)28(37)33-30(3,4)16-15-20-11-8-7-9-12-20/h7-14,17-19,23H,5-6,15-16H2,1-4H3,(H,32,36)(H,33,37)(H,34,35). The Morgan fingerprint density at radius 3 is 2.45 bits per heavy atom. The first-order chi connectivity index (χ1) is 18.3. The van der Waals surface area contributed by atoms with Crippen LogP contribution in [0.25, 0.3) is 22.7 Å². The highest BCUT2D eigenvalue weighted by Crippen LogP contribution is 2.26. The van der Waals surface area contributed by atoms with E-state index in [9.17, 15) is 9.59 Å². The zero-order valence-corrected chi connectivity index (χ0v) is 22.4. The molecule has 4 rings (SSSR count). The van der Waals surface area contributed by atoms with Crippen LogP contribution in [0.3, 0.4) is 0 Å². The Labute approximate surface area is 223 Å². The van der Waals surface area contributed by atoms with Gasteiger partial charge < -0.3 is 15.1 Å². The van der Waals surface area contributed by atoms with Crippen molar-refractivity contribution >= 4 is 11.8 Å². The zero-order chi connectivity index (χ0) is 27.1. The Kier molecular flexibility index (Phi) is 8.41. The van der Waals surface area contributed by atoms with E-state index < -0.39 is 5.54 Å². The Morgan fingerprint density at radius 2 is 1.71 bits per heavy atom. The smallest absolute Gasteiger partial charge is 0.289 e. The molecular weight excluding hydrogens is 478 g/mol. The highest BCUT2D eigenvalue weighted by atomic mass is 16.4. The number of rotatable bonds is 11. The van der Waals surface area contributed by atoms with Gasteiger partial charge in [0.15, 0.2) is 0 Å². The van der Waals surface area contributed by atoms with E-state index in [1.54, 1.807) is 6.07 Å². The fourth-order valence-corrected chi connectivity index (χ4v) is 4.20. The third-order valence-corrected chi connectivity index (χ3v) is 6.61. The summed E-state index contributed by atoms with van der Waals surface area (Å²) < 4.78 is 5.83. The number of aromatic nitrogens is 3. The van der Waals surface area contributed by atoms with Crippen LogP contribution < -0.4 is 10.6 Å². The van der Waals surface area contributed by atoms with Crippen molar-refractivity contribution in [1.82, 2.24) is 25.8 Å². The number of carbonyl (C=O) groups is 2. The molecule has 4 aromatic rings. The third-order valence-electron chi connectivity index (χ3n) is 6.61. The summed E-state index contributed by atoms with van der Waals surface area (Å²) in [5.41, 5.74) is 3.35. The second kappa shape index (κ2) is 11.9. The lowest BCUT2D eigenvalue weighted by Gasteiger charge is -2.25. The molecule has 3 N–H and O–H groups in total. The molecule has 0 saturated carbocycles. The number of hydrogen-bond acceptors (Lipinski definition) is 5. The van der Waals surface area contributed by atoms with Crippen LogP contribution in [0.4, 0.5) is 0 Å². The van der Waals surface area contributed by atoms with Crippen molar-refractivity contribution in [2.45, 2.75) is 65.0 Å². The van der Waals surface area contributed by atoms with Crippen molar-refractivity contribution < 1.29 is 14.0 Å². The number of benzene rings is 2. The van der Waals surface area contributed by atoms with Crippen LogP contribution in [-0.4, -0.2) is 38.6 Å². The largest absolute Gasteiger partial charge is 0.431 e. The molecule has 2 aromatic heterocycles. The van der Waals surface area contributed by atoms with Gasteiger partial charge in [-0.05, 0) is 63.3 Å². The highest BCUT2D eigenvalue weighted by molar-refractivity contribution is 5.94. The molecule has 2 heterocycles. The normalized spacial score (nSPS) is 11.5. The number of H-pyrrole nitrogens is 1. The van der Waals surface area contributed by atoms with Crippen molar-refractivity contribution in [1.29, 1.82) is 0 Å². The fourth-order valence-electron chi connectivity index (χ4n) is 4.20. The predicted octanol–water partition coefficient (Wildman–Crippen LogP) is 5.79. The number of hydrogen-bond donors (Lipinski definition) is 3. The minimum absolute atomic E-state index is 0.128. The van der Waals surface area contributed by atoms with E-state index in [2.05, 4.69) is 37.9 Å². The molecule has 0 spiro atoms. The molecule has 2 amide bonds. The minimum atomic E-state index is -0.419. The molecule has 0 aliphatic carbocycles. The lowest BCUT2D eigenvalue weighted by molar-refractivity contribution is 0.0880. The van der Waals surface area contributed by atoms with Crippen LogP contribution in [0.15, 0.2) is 71.3 Å². The highest BCUT2D eigenvalue weighted by Gasteiger charge is 2.24. The van der Waals surface area contributed by atoms with Gasteiger partial charge >= 0.3 is 0 Å². The van der Waals surface area contributed by atoms with E-state index >= 15 is 0 Å². The van der Waals surface area contributed by atoms with Crippen LogP contribution in [0.1, 0.15) is 73.6 Å². The van der Waals surface area contributed by atoms with E-state index in [1.165, 1.54) is 11.8 Å². The second-order valence-corrected chi connectivity index (χ2v) is 10.1. The van der Waals surface area contributed by atoms with Crippen LogP contribution in [0, 0.1) is 0 Å². The van der Waals surface area contributed by atoms with E-state index in [4.69, 9.17) is 4.42 Å². The maximum Gasteiger partial charge on any atom is 0.289 e. The first-order valence-electron chi connectivity index (χ1n) is 13.1. The van der Waals surface area contributed by atoms with Gasteiger partial charge in [-0.3, -0.25) is 14.7 Å². The van der Waals surface area contributed by atoms with Crippen molar-refractivity contribution in [3.63, 3.8) is 0 Å². The van der Waals surface area contributed by atoms with Crippen molar-refractivity contribution in [3.05, 3.63) is 83.9 Å².